The molecule has 0 aromatic heterocycles. The van der Waals surface area contributed by atoms with Crippen LogP contribution in [-0.4, -0.2) is 67.2 Å². The van der Waals surface area contributed by atoms with Gasteiger partial charge in [-0.2, -0.15) is 0 Å². The van der Waals surface area contributed by atoms with Crippen LogP contribution in [0.4, 0.5) is 20.6 Å². The van der Waals surface area contributed by atoms with Crippen LogP contribution in [0.15, 0.2) is 18.2 Å². The largest absolute Gasteiger partial charge is 0.442 e. The highest BCUT2D eigenvalue weighted by molar-refractivity contribution is 5.90. The summed E-state index contributed by atoms with van der Waals surface area (Å²) < 4.78 is 19.9. The highest BCUT2D eigenvalue weighted by atomic mass is 19.1. The van der Waals surface area contributed by atoms with Crippen LogP contribution in [-0.2, 0) is 14.3 Å². The third-order valence-electron chi connectivity index (χ3n) is 5.28. The van der Waals surface area contributed by atoms with Gasteiger partial charge in [-0.25, -0.2) is 9.18 Å². The number of carbonyl (C=O) groups is 3. The Kier molecular flexibility index (Phi) is 4.16. The van der Waals surface area contributed by atoms with Crippen molar-refractivity contribution in [2.45, 2.75) is 32.0 Å². The zero-order valence-electron chi connectivity index (χ0n) is 15.1. The van der Waals surface area contributed by atoms with E-state index in [0.717, 1.165) is 0 Å². The Labute approximate surface area is 155 Å². The van der Waals surface area contributed by atoms with Gasteiger partial charge in [0, 0.05) is 26.9 Å². The topological polar surface area (TPSA) is 82.0 Å². The highest BCUT2D eigenvalue weighted by Crippen LogP contribution is 2.39. The number of anilines is 2. The first-order valence-corrected chi connectivity index (χ1v) is 8.91. The normalized spacial score (nSPS) is 26.1. The average molecular weight is 376 g/mol. The number of carbonyl (C=O) groups excluding carboxylic acids is 3. The number of hydrogen-bond acceptors (Lipinski definition) is 5. The number of cyclic esters (lactones) is 1. The van der Waals surface area contributed by atoms with Crippen molar-refractivity contribution in [3.8, 4) is 0 Å². The van der Waals surface area contributed by atoms with E-state index < -0.39 is 18.0 Å². The molecule has 0 saturated carbocycles. The van der Waals surface area contributed by atoms with Crippen LogP contribution in [0.2, 0.25) is 0 Å². The molecule has 4 rings (SSSR count). The minimum Gasteiger partial charge on any atom is -0.442 e. The summed E-state index contributed by atoms with van der Waals surface area (Å²) in [5.74, 6) is -0.560. The van der Waals surface area contributed by atoms with Crippen molar-refractivity contribution in [1.82, 2.24) is 10.2 Å². The average Bonchev–Trinajstić information content (AvgIpc) is 2.94. The standard InChI is InChI=1S/C18H21FN4O4/c1-10(24)20-6-13-7-22(18(26)27-13)12-3-4-15(14(19)5-12)21-8-16-17(9-21)23(16)11(2)25/h3-5,13,16-17H,6-9H2,1-2H3,(H,20,24)/t13?,16-,17?,23?/m0/s1. The van der Waals surface area contributed by atoms with Crippen molar-refractivity contribution in [2.75, 3.05) is 36.0 Å². The number of ether oxygens (including phenoxy) is 1. The third kappa shape index (κ3) is 3.17. The number of halogens is 1. The minimum atomic E-state index is -0.558. The number of nitrogens with one attached hydrogen (secondary N) is 1. The Morgan fingerprint density at radius 2 is 1.93 bits per heavy atom. The molecule has 0 spiro atoms. The van der Waals surface area contributed by atoms with Gasteiger partial charge in [-0.15, -0.1) is 0 Å². The maximum absolute atomic E-state index is 14.7. The maximum Gasteiger partial charge on any atom is 0.414 e. The van der Waals surface area contributed by atoms with Gasteiger partial charge in [0.15, 0.2) is 0 Å². The van der Waals surface area contributed by atoms with Crippen LogP contribution in [0.5, 0.6) is 0 Å². The molecule has 1 N–H and O–H groups in total. The fourth-order valence-electron chi connectivity index (χ4n) is 3.96. The molecule has 3 amide bonds. The third-order valence-corrected chi connectivity index (χ3v) is 5.28. The Balaban J connectivity index is 1.41. The van der Waals surface area contributed by atoms with Gasteiger partial charge in [-0.05, 0) is 18.2 Å². The molecule has 3 saturated heterocycles. The molecule has 144 valence electrons. The molecular formula is C18H21FN4O4. The molecule has 27 heavy (non-hydrogen) atoms. The van der Waals surface area contributed by atoms with E-state index in [1.54, 1.807) is 19.1 Å². The van der Waals surface area contributed by atoms with E-state index in [-0.39, 0.29) is 37.0 Å². The van der Waals surface area contributed by atoms with Gasteiger partial charge >= 0.3 is 6.09 Å². The molecule has 3 aliphatic heterocycles. The number of benzene rings is 1. The van der Waals surface area contributed by atoms with Crippen LogP contribution < -0.4 is 15.1 Å². The molecule has 3 atom stereocenters. The molecule has 2 unspecified atom stereocenters. The lowest BCUT2D eigenvalue weighted by Crippen LogP contribution is -2.33. The van der Waals surface area contributed by atoms with Gasteiger partial charge in [-0.3, -0.25) is 14.5 Å². The number of hydrogen-bond donors (Lipinski definition) is 1. The number of fused-ring (bicyclic) bond motifs is 1. The van der Waals surface area contributed by atoms with Crippen LogP contribution >= 0.6 is 0 Å². The molecule has 1 aromatic rings. The second-order valence-electron chi connectivity index (χ2n) is 7.16. The molecule has 1 aromatic carbocycles. The van der Waals surface area contributed by atoms with Gasteiger partial charge in [0.25, 0.3) is 0 Å². The second kappa shape index (κ2) is 6.40. The van der Waals surface area contributed by atoms with Crippen LogP contribution in [0.1, 0.15) is 13.8 Å². The van der Waals surface area contributed by atoms with Gasteiger partial charge in [0.05, 0.1) is 36.5 Å². The zero-order chi connectivity index (χ0) is 19.3. The van der Waals surface area contributed by atoms with E-state index in [1.165, 1.54) is 17.9 Å². The number of piperazine rings is 1. The fraction of sp³-hybridized carbons (Fsp3) is 0.500. The number of rotatable bonds is 4. The molecule has 3 fully saturated rings. The summed E-state index contributed by atoms with van der Waals surface area (Å²) in [4.78, 5) is 39.6. The van der Waals surface area contributed by atoms with Gasteiger partial charge in [-0.1, -0.05) is 0 Å². The summed E-state index contributed by atoms with van der Waals surface area (Å²) in [6.07, 6.45) is -1.02. The summed E-state index contributed by atoms with van der Waals surface area (Å²) in [5, 5.41) is 2.61. The summed E-state index contributed by atoms with van der Waals surface area (Å²) in [5.41, 5.74) is 0.887. The van der Waals surface area contributed by atoms with Crippen LogP contribution in [0, 0.1) is 5.82 Å². The minimum absolute atomic E-state index is 0.0573. The monoisotopic (exact) mass is 376 g/mol. The van der Waals surface area contributed by atoms with Gasteiger partial charge in [0.2, 0.25) is 11.8 Å². The Bertz CT molecular complexity index is 805. The van der Waals surface area contributed by atoms with Crippen LogP contribution in [0.25, 0.3) is 0 Å². The van der Waals surface area contributed by atoms with E-state index >= 15 is 0 Å². The summed E-state index contributed by atoms with van der Waals surface area (Å²) in [7, 11) is 0. The molecule has 0 aliphatic carbocycles. The lowest BCUT2D eigenvalue weighted by molar-refractivity contribution is -0.124. The van der Waals surface area contributed by atoms with Crippen molar-refractivity contribution < 1.29 is 23.5 Å². The van der Waals surface area contributed by atoms with E-state index in [1.807, 2.05) is 9.80 Å². The summed E-state index contributed by atoms with van der Waals surface area (Å²) in [6.45, 7) is 4.64. The number of amides is 3. The van der Waals surface area contributed by atoms with E-state index in [9.17, 15) is 18.8 Å². The molecule has 8 nitrogen and oxygen atoms in total. The molecule has 3 aliphatic rings. The first-order valence-electron chi connectivity index (χ1n) is 8.91. The summed E-state index contributed by atoms with van der Waals surface area (Å²) in [6, 6.07) is 5.01. The van der Waals surface area contributed by atoms with Crippen molar-refractivity contribution in [3.63, 3.8) is 0 Å². The number of nitrogens with zero attached hydrogens (tertiary/aromatic N) is 3. The van der Waals surface area contributed by atoms with Crippen molar-refractivity contribution >= 4 is 29.3 Å². The van der Waals surface area contributed by atoms with Crippen molar-refractivity contribution in [3.05, 3.63) is 24.0 Å². The molecule has 9 heteroatoms. The maximum atomic E-state index is 14.7. The van der Waals surface area contributed by atoms with Gasteiger partial charge < -0.3 is 19.9 Å². The Hall–Kier alpha value is -2.84. The predicted molar refractivity (Wildman–Crippen MR) is 95.0 cm³/mol. The quantitative estimate of drug-likeness (QED) is 0.783. The highest BCUT2D eigenvalue weighted by Gasteiger charge is 2.55. The predicted octanol–water partition coefficient (Wildman–Crippen LogP) is 0.706. The Morgan fingerprint density at radius 1 is 1.22 bits per heavy atom. The lowest BCUT2D eigenvalue weighted by Gasteiger charge is -2.24. The molecule has 0 bridgehead atoms. The van der Waals surface area contributed by atoms with E-state index in [2.05, 4.69) is 5.32 Å². The lowest BCUT2D eigenvalue weighted by atomic mass is 10.2. The van der Waals surface area contributed by atoms with E-state index in [4.69, 9.17) is 4.74 Å². The first kappa shape index (κ1) is 17.6. The van der Waals surface area contributed by atoms with Crippen LogP contribution in [0.3, 0.4) is 0 Å². The zero-order valence-corrected chi connectivity index (χ0v) is 15.1. The van der Waals surface area contributed by atoms with Crippen molar-refractivity contribution in [2.24, 2.45) is 0 Å². The second-order valence-corrected chi connectivity index (χ2v) is 7.16. The first-order chi connectivity index (χ1) is 12.8. The molecular weight excluding hydrogens is 355 g/mol. The summed E-state index contributed by atoms with van der Waals surface area (Å²) >= 11 is 0. The van der Waals surface area contributed by atoms with Gasteiger partial charge in [0.1, 0.15) is 11.9 Å². The van der Waals surface area contributed by atoms with Crippen molar-refractivity contribution in [1.29, 1.82) is 0 Å². The van der Waals surface area contributed by atoms with E-state index in [0.29, 0.717) is 24.5 Å². The molecule has 3 heterocycles. The smallest absolute Gasteiger partial charge is 0.414 e. The SMILES string of the molecule is CC(=O)NCC1CN(c2ccc(N3CC4[C@H](C3)N4C(C)=O)c(F)c2)C(=O)O1. The Morgan fingerprint density at radius 3 is 2.52 bits per heavy atom. The molecule has 0 radical (unpaired) electrons. The fourth-order valence-corrected chi connectivity index (χ4v) is 3.96.